The predicted octanol–water partition coefficient (Wildman–Crippen LogP) is 3.52. The van der Waals surface area contributed by atoms with Crippen LogP contribution in [0.25, 0.3) is 0 Å². The minimum atomic E-state index is -0.875. The van der Waals surface area contributed by atoms with E-state index in [0.717, 1.165) is 5.56 Å². The maximum atomic E-state index is 12.8. The third-order valence-electron chi connectivity index (χ3n) is 5.05. The van der Waals surface area contributed by atoms with Crippen molar-refractivity contribution in [3.05, 3.63) is 53.6 Å². The lowest BCUT2D eigenvalue weighted by Gasteiger charge is -2.23. The van der Waals surface area contributed by atoms with Gasteiger partial charge in [0.25, 0.3) is 0 Å². The molecule has 0 aromatic heterocycles. The van der Waals surface area contributed by atoms with Crippen LogP contribution in [0.1, 0.15) is 29.9 Å². The molecule has 0 saturated heterocycles. The van der Waals surface area contributed by atoms with Crippen molar-refractivity contribution >= 4 is 11.8 Å². The van der Waals surface area contributed by atoms with Crippen LogP contribution in [0.15, 0.2) is 42.5 Å². The number of carbonyl (C=O) groups excluding carboxylic acids is 2. The molecule has 0 amide bonds. The quantitative estimate of drug-likeness (QED) is 0.537. The van der Waals surface area contributed by atoms with Crippen LogP contribution in [-0.2, 0) is 20.9 Å². The fourth-order valence-corrected chi connectivity index (χ4v) is 3.67. The second kappa shape index (κ2) is 8.78. The van der Waals surface area contributed by atoms with Crippen molar-refractivity contribution in [3.63, 3.8) is 0 Å². The Morgan fingerprint density at radius 3 is 2.21 bits per heavy atom. The lowest BCUT2D eigenvalue weighted by atomic mass is 9.87. The number of hydrogen-bond acceptors (Lipinski definition) is 6. The maximum absolute atomic E-state index is 12.8. The Hall–Kier alpha value is -3.02. The zero-order chi connectivity index (χ0) is 20.1. The lowest BCUT2D eigenvalue weighted by molar-refractivity contribution is -0.152. The summed E-state index contributed by atoms with van der Waals surface area (Å²) >= 11 is 0. The summed E-state index contributed by atoms with van der Waals surface area (Å²) in [5.74, 6) is -0.260. The zero-order valence-corrected chi connectivity index (χ0v) is 16.3. The fourth-order valence-electron chi connectivity index (χ4n) is 3.67. The third-order valence-corrected chi connectivity index (χ3v) is 5.05. The highest BCUT2D eigenvalue weighted by Gasteiger charge is 2.44. The first-order valence-electron chi connectivity index (χ1n) is 9.12. The van der Waals surface area contributed by atoms with Crippen LogP contribution in [0, 0.1) is 5.92 Å². The molecule has 0 unspecified atom stereocenters. The van der Waals surface area contributed by atoms with E-state index in [0.29, 0.717) is 35.7 Å². The van der Waals surface area contributed by atoms with Gasteiger partial charge in [0.05, 0.1) is 21.3 Å². The van der Waals surface area contributed by atoms with Crippen LogP contribution in [0.2, 0.25) is 0 Å². The zero-order valence-electron chi connectivity index (χ0n) is 16.3. The van der Waals surface area contributed by atoms with Gasteiger partial charge in [0.1, 0.15) is 35.6 Å². The van der Waals surface area contributed by atoms with Gasteiger partial charge in [0.15, 0.2) is 0 Å². The molecule has 6 nitrogen and oxygen atoms in total. The van der Waals surface area contributed by atoms with Crippen molar-refractivity contribution in [3.8, 4) is 17.2 Å². The van der Waals surface area contributed by atoms with Crippen LogP contribution >= 0.6 is 0 Å². The molecular weight excluding hydrogens is 360 g/mol. The molecule has 1 fully saturated rings. The normalized spacial score (nSPS) is 18.6. The Labute approximate surface area is 164 Å². The predicted molar refractivity (Wildman–Crippen MR) is 103 cm³/mol. The molecule has 2 aromatic rings. The van der Waals surface area contributed by atoms with Crippen LogP contribution in [0.5, 0.6) is 17.2 Å². The number of benzene rings is 2. The summed E-state index contributed by atoms with van der Waals surface area (Å²) in [4.78, 5) is 25.3. The molecule has 2 atom stereocenters. The summed E-state index contributed by atoms with van der Waals surface area (Å²) in [7, 11) is 4.63. The minimum absolute atomic E-state index is 0.122. The van der Waals surface area contributed by atoms with Crippen molar-refractivity contribution in [2.75, 3.05) is 21.3 Å². The first-order valence-corrected chi connectivity index (χ1v) is 9.12. The van der Waals surface area contributed by atoms with E-state index in [4.69, 9.17) is 18.9 Å². The number of carbonyl (C=O) groups is 2. The number of ketones is 1. The molecule has 28 heavy (non-hydrogen) atoms. The summed E-state index contributed by atoms with van der Waals surface area (Å²) in [5.41, 5.74) is 1.57. The molecule has 0 spiro atoms. The SMILES string of the molecule is COc1cc(OC)c([C@H]2CCC(=O)[C@@H]2C(=O)OCc2ccccc2)c(OC)c1. The molecule has 0 bridgehead atoms. The van der Waals surface area contributed by atoms with E-state index < -0.39 is 11.9 Å². The van der Waals surface area contributed by atoms with Gasteiger partial charge in [-0.25, -0.2) is 0 Å². The average molecular weight is 384 g/mol. The van der Waals surface area contributed by atoms with Gasteiger partial charge in [-0.3, -0.25) is 9.59 Å². The van der Waals surface area contributed by atoms with Gasteiger partial charge in [-0.15, -0.1) is 0 Å². The van der Waals surface area contributed by atoms with Crippen molar-refractivity contribution in [1.29, 1.82) is 0 Å². The maximum Gasteiger partial charge on any atom is 0.317 e. The number of ether oxygens (including phenoxy) is 4. The monoisotopic (exact) mass is 384 g/mol. The number of rotatable bonds is 7. The summed E-state index contributed by atoms with van der Waals surface area (Å²) in [6, 6.07) is 12.8. The van der Waals surface area contributed by atoms with E-state index >= 15 is 0 Å². The van der Waals surface area contributed by atoms with E-state index in [1.807, 2.05) is 30.3 Å². The third kappa shape index (κ3) is 3.96. The highest BCUT2D eigenvalue weighted by molar-refractivity contribution is 6.02. The molecule has 0 radical (unpaired) electrons. The Morgan fingerprint density at radius 2 is 1.64 bits per heavy atom. The lowest BCUT2D eigenvalue weighted by Crippen LogP contribution is -2.26. The highest BCUT2D eigenvalue weighted by Crippen LogP contribution is 2.47. The second-order valence-electron chi connectivity index (χ2n) is 6.63. The highest BCUT2D eigenvalue weighted by atomic mass is 16.5. The van der Waals surface area contributed by atoms with Crippen LogP contribution < -0.4 is 14.2 Å². The second-order valence-corrected chi connectivity index (χ2v) is 6.63. The Balaban J connectivity index is 1.88. The topological polar surface area (TPSA) is 71.1 Å². The molecule has 0 N–H and O–H groups in total. The van der Waals surface area contributed by atoms with Crippen LogP contribution in [-0.4, -0.2) is 33.1 Å². The van der Waals surface area contributed by atoms with Gasteiger partial charge >= 0.3 is 5.97 Å². The number of esters is 1. The van der Waals surface area contributed by atoms with Gasteiger partial charge < -0.3 is 18.9 Å². The minimum Gasteiger partial charge on any atom is -0.496 e. The summed E-state index contributed by atoms with van der Waals surface area (Å²) in [5, 5.41) is 0. The Bertz CT molecular complexity index is 820. The summed E-state index contributed by atoms with van der Waals surface area (Å²) in [6.07, 6.45) is 0.844. The van der Waals surface area contributed by atoms with Gasteiger partial charge in [0.2, 0.25) is 0 Å². The Morgan fingerprint density at radius 1 is 1.00 bits per heavy atom. The van der Waals surface area contributed by atoms with Gasteiger partial charge in [-0.1, -0.05) is 30.3 Å². The molecule has 1 aliphatic carbocycles. The molecule has 1 saturated carbocycles. The average Bonchev–Trinajstić information content (AvgIpc) is 3.12. The molecule has 148 valence electrons. The standard InChI is InChI=1S/C22H24O6/c1-25-15-11-18(26-2)21(19(12-15)27-3)16-9-10-17(23)20(16)22(24)28-13-14-7-5-4-6-8-14/h4-8,11-12,16,20H,9-10,13H2,1-3H3/t16-,20+/m0/s1. The molecular formula is C22H24O6. The van der Waals surface area contributed by atoms with Gasteiger partial charge in [-0.2, -0.15) is 0 Å². The van der Waals surface area contributed by atoms with Gasteiger partial charge in [-0.05, 0) is 12.0 Å². The molecule has 0 heterocycles. The molecule has 6 heteroatoms. The Kier molecular flexibility index (Phi) is 6.19. The summed E-state index contributed by atoms with van der Waals surface area (Å²) < 4.78 is 21.8. The first kappa shape index (κ1) is 19.7. The smallest absolute Gasteiger partial charge is 0.317 e. The van der Waals surface area contributed by atoms with E-state index in [-0.39, 0.29) is 18.3 Å². The van der Waals surface area contributed by atoms with E-state index in [9.17, 15) is 9.59 Å². The van der Waals surface area contributed by atoms with Crippen molar-refractivity contribution in [1.82, 2.24) is 0 Å². The largest absolute Gasteiger partial charge is 0.496 e. The number of hydrogen-bond donors (Lipinski definition) is 0. The van der Waals surface area contributed by atoms with E-state index in [1.54, 1.807) is 19.2 Å². The number of Topliss-reactive ketones (excluding diaryl/α,β-unsaturated/α-hetero) is 1. The van der Waals surface area contributed by atoms with Crippen molar-refractivity contribution in [2.45, 2.75) is 25.4 Å². The van der Waals surface area contributed by atoms with Gasteiger partial charge in [0, 0.05) is 30.0 Å². The summed E-state index contributed by atoms with van der Waals surface area (Å²) in [6.45, 7) is 0.132. The van der Waals surface area contributed by atoms with Crippen LogP contribution in [0.4, 0.5) is 0 Å². The number of methoxy groups -OCH3 is 3. The molecule has 3 rings (SSSR count). The fraction of sp³-hybridized carbons (Fsp3) is 0.364. The van der Waals surface area contributed by atoms with Crippen LogP contribution in [0.3, 0.4) is 0 Å². The van der Waals surface area contributed by atoms with Crippen molar-refractivity contribution < 1.29 is 28.5 Å². The molecule has 2 aromatic carbocycles. The van der Waals surface area contributed by atoms with E-state index in [1.165, 1.54) is 14.2 Å². The molecule has 1 aliphatic rings. The van der Waals surface area contributed by atoms with E-state index in [2.05, 4.69) is 0 Å². The van der Waals surface area contributed by atoms with Crippen molar-refractivity contribution in [2.24, 2.45) is 5.92 Å². The first-order chi connectivity index (χ1) is 13.6. The molecule has 0 aliphatic heterocycles.